The second-order valence-corrected chi connectivity index (χ2v) is 3.02. The van der Waals surface area contributed by atoms with E-state index in [-0.39, 0.29) is 17.7 Å². The zero-order valence-electron chi connectivity index (χ0n) is 9.78. The van der Waals surface area contributed by atoms with E-state index in [9.17, 15) is 9.59 Å². The Labute approximate surface area is 108 Å². The van der Waals surface area contributed by atoms with E-state index in [1.165, 1.54) is 18.2 Å². The summed E-state index contributed by atoms with van der Waals surface area (Å²) in [6, 6.07) is 5.90. The molecule has 0 unspecified atom stereocenters. The van der Waals surface area contributed by atoms with Crippen LogP contribution in [0.15, 0.2) is 36.9 Å². The minimum Gasteiger partial charge on any atom is -0.478 e. The van der Waals surface area contributed by atoms with E-state index in [4.69, 9.17) is 24.9 Å². The molecular weight excluding hydrogens is 256 g/mol. The van der Waals surface area contributed by atoms with Gasteiger partial charge in [0.25, 0.3) is 0 Å². The zero-order valence-corrected chi connectivity index (χ0v) is 9.78. The molecule has 1 rings (SSSR count). The molecule has 19 heavy (non-hydrogen) atoms. The summed E-state index contributed by atoms with van der Waals surface area (Å²) in [6.45, 7) is 3.45. The van der Waals surface area contributed by atoms with Crippen molar-refractivity contribution in [2.75, 3.05) is 6.61 Å². The van der Waals surface area contributed by atoms with Gasteiger partial charge in [-0.25, -0.2) is 14.4 Å². The summed E-state index contributed by atoms with van der Waals surface area (Å²) < 4.78 is 4.75. The van der Waals surface area contributed by atoms with Crippen LogP contribution in [0, 0.1) is 0 Å². The highest BCUT2D eigenvalue weighted by Crippen LogP contribution is 2.10. The minimum absolute atomic E-state index is 0.0480. The summed E-state index contributed by atoms with van der Waals surface area (Å²) in [5.41, 5.74) is -0.0154. The summed E-state index contributed by atoms with van der Waals surface area (Å²) in [4.78, 5) is 30.7. The molecule has 102 valence electrons. The van der Waals surface area contributed by atoms with E-state index in [2.05, 4.69) is 6.58 Å². The minimum atomic E-state index is -1.83. The van der Waals surface area contributed by atoms with Crippen LogP contribution in [0.2, 0.25) is 0 Å². The SMILES string of the molecule is C=CCOC(=O)c1ccccc1C(=O)O.O=C(O)O. The second kappa shape index (κ2) is 8.29. The van der Waals surface area contributed by atoms with Crippen molar-refractivity contribution in [2.45, 2.75) is 0 Å². The number of ether oxygens (including phenoxy) is 1. The molecule has 7 heteroatoms. The Hall–Kier alpha value is -2.83. The van der Waals surface area contributed by atoms with Crippen molar-refractivity contribution >= 4 is 18.1 Å². The third-order valence-corrected chi connectivity index (χ3v) is 1.71. The molecule has 0 aliphatic heterocycles. The quantitative estimate of drug-likeness (QED) is 0.563. The van der Waals surface area contributed by atoms with Crippen LogP contribution in [0.3, 0.4) is 0 Å². The smallest absolute Gasteiger partial charge is 0.478 e. The van der Waals surface area contributed by atoms with Crippen molar-refractivity contribution in [3.05, 3.63) is 48.0 Å². The van der Waals surface area contributed by atoms with E-state index in [1.54, 1.807) is 12.1 Å². The third kappa shape index (κ3) is 6.47. The molecule has 0 saturated carbocycles. The average molecular weight is 268 g/mol. The van der Waals surface area contributed by atoms with Gasteiger partial charge in [0, 0.05) is 0 Å². The molecule has 1 aromatic carbocycles. The Morgan fingerprint density at radius 1 is 1.11 bits per heavy atom. The second-order valence-electron chi connectivity index (χ2n) is 3.02. The Kier molecular flexibility index (Phi) is 7.05. The van der Waals surface area contributed by atoms with Crippen molar-refractivity contribution in [2.24, 2.45) is 0 Å². The molecule has 0 aliphatic carbocycles. The first-order chi connectivity index (χ1) is 8.90. The van der Waals surface area contributed by atoms with Crippen LogP contribution in [0.4, 0.5) is 4.79 Å². The highest BCUT2D eigenvalue weighted by atomic mass is 16.6. The Balaban J connectivity index is 0.000000711. The molecule has 1 aromatic rings. The first-order valence-corrected chi connectivity index (χ1v) is 4.92. The van der Waals surface area contributed by atoms with E-state index in [0.717, 1.165) is 0 Å². The molecule has 0 aromatic heterocycles. The van der Waals surface area contributed by atoms with Crippen molar-refractivity contribution in [1.82, 2.24) is 0 Å². The van der Waals surface area contributed by atoms with Crippen molar-refractivity contribution < 1.29 is 34.4 Å². The van der Waals surface area contributed by atoms with Crippen LogP contribution in [-0.4, -0.2) is 40.0 Å². The highest BCUT2D eigenvalue weighted by Gasteiger charge is 2.16. The largest absolute Gasteiger partial charge is 0.503 e. The predicted octanol–water partition coefficient (Wildman–Crippen LogP) is 1.95. The van der Waals surface area contributed by atoms with Gasteiger partial charge in [0.1, 0.15) is 6.61 Å². The maximum atomic E-state index is 11.4. The summed E-state index contributed by atoms with van der Waals surface area (Å²) in [7, 11) is 0. The summed E-state index contributed by atoms with van der Waals surface area (Å²) in [6.07, 6.45) is -0.415. The van der Waals surface area contributed by atoms with Crippen LogP contribution in [0.5, 0.6) is 0 Å². The normalized spacial score (nSPS) is 8.63. The standard InChI is InChI=1S/C11H10O4.CH2O3/c1-2-7-15-11(14)9-6-4-3-5-8(9)10(12)13;2-1(3)4/h2-6H,1,7H2,(H,12,13);(H2,2,3,4). The molecule has 0 bridgehead atoms. The maximum Gasteiger partial charge on any atom is 0.503 e. The van der Waals surface area contributed by atoms with Crippen LogP contribution < -0.4 is 0 Å². The van der Waals surface area contributed by atoms with E-state index >= 15 is 0 Å². The molecule has 0 saturated heterocycles. The monoisotopic (exact) mass is 268 g/mol. The lowest BCUT2D eigenvalue weighted by Crippen LogP contribution is -2.11. The van der Waals surface area contributed by atoms with Crippen LogP contribution in [0.25, 0.3) is 0 Å². The van der Waals surface area contributed by atoms with Gasteiger partial charge in [-0.05, 0) is 12.1 Å². The maximum absolute atomic E-state index is 11.4. The number of hydrogen-bond donors (Lipinski definition) is 3. The number of carboxylic acids is 1. The number of hydrogen-bond acceptors (Lipinski definition) is 4. The highest BCUT2D eigenvalue weighted by molar-refractivity contribution is 6.02. The number of esters is 1. The topological polar surface area (TPSA) is 121 Å². The molecule has 0 heterocycles. The predicted molar refractivity (Wildman–Crippen MR) is 64.5 cm³/mol. The molecule has 0 radical (unpaired) electrons. The van der Waals surface area contributed by atoms with Crippen molar-refractivity contribution in [1.29, 1.82) is 0 Å². The lowest BCUT2D eigenvalue weighted by molar-refractivity contribution is 0.0536. The molecule has 0 fully saturated rings. The van der Waals surface area contributed by atoms with Crippen LogP contribution >= 0.6 is 0 Å². The fourth-order valence-electron chi connectivity index (χ4n) is 1.06. The third-order valence-electron chi connectivity index (χ3n) is 1.71. The first kappa shape index (κ1) is 16.2. The fraction of sp³-hybridized carbons (Fsp3) is 0.0833. The van der Waals surface area contributed by atoms with Gasteiger partial charge in [0.2, 0.25) is 0 Å². The average Bonchev–Trinajstić information content (AvgIpc) is 2.35. The van der Waals surface area contributed by atoms with E-state index in [0.29, 0.717) is 0 Å². The van der Waals surface area contributed by atoms with E-state index < -0.39 is 18.1 Å². The number of carboxylic acid groups (broad SMARTS) is 3. The van der Waals surface area contributed by atoms with Gasteiger partial charge in [-0.15, -0.1) is 0 Å². The number of rotatable bonds is 4. The molecule has 0 atom stereocenters. The lowest BCUT2D eigenvalue weighted by Gasteiger charge is -2.04. The Morgan fingerprint density at radius 3 is 2.00 bits per heavy atom. The summed E-state index contributed by atoms with van der Waals surface area (Å²) in [5.74, 6) is -1.81. The molecule has 0 amide bonds. The number of carbonyl (C=O) groups is 3. The fourth-order valence-corrected chi connectivity index (χ4v) is 1.06. The van der Waals surface area contributed by atoms with Gasteiger partial charge in [-0.3, -0.25) is 0 Å². The van der Waals surface area contributed by atoms with Gasteiger partial charge in [0.05, 0.1) is 11.1 Å². The lowest BCUT2D eigenvalue weighted by atomic mass is 10.1. The summed E-state index contributed by atoms with van der Waals surface area (Å²) >= 11 is 0. The Morgan fingerprint density at radius 2 is 1.58 bits per heavy atom. The van der Waals surface area contributed by atoms with Crippen LogP contribution in [0.1, 0.15) is 20.7 Å². The molecule has 3 N–H and O–H groups in total. The van der Waals surface area contributed by atoms with Gasteiger partial charge >= 0.3 is 18.1 Å². The van der Waals surface area contributed by atoms with Crippen LogP contribution in [-0.2, 0) is 4.74 Å². The first-order valence-electron chi connectivity index (χ1n) is 4.92. The van der Waals surface area contributed by atoms with Crippen molar-refractivity contribution in [3.63, 3.8) is 0 Å². The Bertz CT molecular complexity index is 475. The molecule has 0 aliphatic rings. The van der Waals surface area contributed by atoms with E-state index in [1.807, 2.05) is 0 Å². The number of benzene rings is 1. The molecular formula is C12H12O7. The van der Waals surface area contributed by atoms with Gasteiger partial charge in [0.15, 0.2) is 0 Å². The number of carbonyl (C=O) groups excluding carboxylic acids is 1. The van der Waals surface area contributed by atoms with Crippen molar-refractivity contribution in [3.8, 4) is 0 Å². The van der Waals surface area contributed by atoms with Gasteiger partial charge < -0.3 is 20.1 Å². The molecule has 0 spiro atoms. The number of aromatic carboxylic acids is 1. The van der Waals surface area contributed by atoms with Gasteiger partial charge in [-0.2, -0.15) is 0 Å². The van der Waals surface area contributed by atoms with Gasteiger partial charge in [-0.1, -0.05) is 24.8 Å². The molecule has 7 nitrogen and oxygen atoms in total. The zero-order chi connectivity index (χ0) is 14.8. The summed E-state index contributed by atoms with van der Waals surface area (Å²) in [5, 5.41) is 22.8.